The first kappa shape index (κ1) is 16.7. The topological polar surface area (TPSA) is 113 Å². The van der Waals surface area contributed by atoms with Crippen molar-refractivity contribution in [3.05, 3.63) is 69.3 Å². The van der Waals surface area contributed by atoms with Crippen molar-refractivity contribution in [2.45, 2.75) is 0 Å². The number of phenolic OH excluding ortho intramolecular Hbond substituents is 1. The maximum absolute atomic E-state index is 12.1. The van der Waals surface area contributed by atoms with Crippen molar-refractivity contribution in [1.82, 2.24) is 0 Å². The van der Waals surface area contributed by atoms with Gasteiger partial charge in [-0.15, -0.1) is 0 Å². The molecule has 0 aliphatic heterocycles. The number of benzene rings is 2. The van der Waals surface area contributed by atoms with Crippen LogP contribution in [0.3, 0.4) is 0 Å². The summed E-state index contributed by atoms with van der Waals surface area (Å²) in [5.41, 5.74) is 0.637. The van der Waals surface area contributed by atoms with Gasteiger partial charge in [0.1, 0.15) is 0 Å². The number of nitrogens with zero attached hydrogens (tertiary/aromatic N) is 2. The van der Waals surface area contributed by atoms with Gasteiger partial charge in [0.05, 0.1) is 23.7 Å². The average molecular weight is 324 g/mol. The Morgan fingerprint density at radius 2 is 2.00 bits per heavy atom. The summed E-state index contributed by atoms with van der Waals surface area (Å²) in [6, 6.07) is 10.6. The smallest absolute Gasteiger partial charge is 0.315 e. The van der Waals surface area contributed by atoms with Crippen molar-refractivity contribution in [2.75, 3.05) is 7.11 Å². The summed E-state index contributed by atoms with van der Waals surface area (Å²) in [6.07, 6.45) is 2.63. The van der Waals surface area contributed by atoms with Crippen molar-refractivity contribution in [3.63, 3.8) is 0 Å². The molecule has 0 saturated heterocycles. The first-order valence-corrected chi connectivity index (χ1v) is 6.74. The molecule has 0 bridgehead atoms. The van der Waals surface area contributed by atoms with Crippen LogP contribution in [0.5, 0.6) is 11.5 Å². The van der Waals surface area contributed by atoms with Crippen LogP contribution in [0.1, 0.15) is 21.5 Å². The van der Waals surface area contributed by atoms with Gasteiger partial charge in [-0.05, 0) is 42.0 Å². The lowest BCUT2D eigenvalue weighted by Gasteiger charge is -2.05. The Hall–Kier alpha value is -3.66. The molecule has 0 atom stereocenters. The zero-order chi connectivity index (χ0) is 17.7. The summed E-state index contributed by atoms with van der Waals surface area (Å²) in [5, 5.41) is 29.4. The summed E-state index contributed by atoms with van der Waals surface area (Å²) in [4.78, 5) is 22.3. The van der Waals surface area contributed by atoms with Crippen LogP contribution in [0.4, 0.5) is 5.69 Å². The average Bonchev–Trinajstić information content (AvgIpc) is 2.60. The third kappa shape index (κ3) is 3.56. The number of ketones is 1. The molecule has 24 heavy (non-hydrogen) atoms. The fourth-order valence-corrected chi connectivity index (χ4v) is 1.98. The van der Waals surface area contributed by atoms with E-state index in [4.69, 9.17) is 10.00 Å². The second-order valence-electron chi connectivity index (χ2n) is 4.73. The van der Waals surface area contributed by atoms with E-state index < -0.39 is 16.4 Å². The van der Waals surface area contributed by atoms with Gasteiger partial charge in [-0.2, -0.15) is 5.26 Å². The van der Waals surface area contributed by atoms with Crippen molar-refractivity contribution in [3.8, 4) is 17.6 Å². The summed E-state index contributed by atoms with van der Waals surface area (Å²) in [6.45, 7) is 0. The van der Waals surface area contributed by atoms with Crippen LogP contribution in [-0.4, -0.2) is 22.9 Å². The van der Waals surface area contributed by atoms with E-state index in [9.17, 15) is 20.0 Å². The Balaban J connectivity index is 2.30. The van der Waals surface area contributed by atoms with Crippen LogP contribution >= 0.6 is 0 Å². The molecule has 1 N–H and O–H groups in total. The molecule has 0 aliphatic carbocycles. The molecule has 120 valence electrons. The Kier molecular flexibility index (Phi) is 4.92. The van der Waals surface area contributed by atoms with E-state index in [0.717, 1.165) is 6.07 Å². The molecule has 0 fully saturated rings. The van der Waals surface area contributed by atoms with Gasteiger partial charge in [-0.3, -0.25) is 14.9 Å². The van der Waals surface area contributed by atoms with Crippen molar-refractivity contribution >= 4 is 17.5 Å². The summed E-state index contributed by atoms with van der Waals surface area (Å²) in [5.74, 6) is -0.957. The van der Waals surface area contributed by atoms with E-state index in [1.165, 1.54) is 49.6 Å². The summed E-state index contributed by atoms with van der Waals surface area (Å²) < 4.78 is 4.89. The Labute approximate surface area is 137 Å². The molecule has 0 radical (unpaired) electrons. The third-order valence-corrected chi connectivity index (χ3v) is 3.22. The van der Waals surface area contributed by atoms with Gasteiger partial charge in [-0.25, -0.2) is 0 Å². The Morgan fingerprint density at radius 3 is 2.54 bits per heavy atom. The number of nitro groups is 1. The predicted octanol–water partition coefficient (Wildman–Crippen LogP) is 3.08. The molecule has 2 aromatic carbocycles. The highest BCUT2D eigenvalue weighted by Gasteiger charge is 2.19. The number of ether oxygens (including phenoxy) is 1. The highest BCUT2D eigenvalue weighted by atomic mass is 16.6. The molecule has 0 heterocycles. The predicted molar refractivity (Wildman–Crippen MR) is 85.8 cm³/mol. The van der Waals surface area contributed by atoms with Crippen LogP contribution in [0.15, 0.2) is 42.5 Å². The van der Waals surface area contributed by atoms with Gasteiger partial charge >= 0.3 is 5.69 Å². The second-order valence-corrected chi connectivity index (χ2v) is 4.73. The largest absolute Gasteiger partial charge is 0.500 e. The molecule has 0 spiro atoms. The molecule has 2 aromatic rings. The molecule has 0 unspecified atom stereocenters. The van der Waals surface area contributed by atoms with Crippen molar-refractivity contribution < 1.29 is 19.6 Å². The molecular weight excluding hydrogens is 312 g/mol. The van der Waals surface area contributed by atoms with Gasteiger partial charge in [0.25, 0.3) is 0 Å². The zero-order valence-electron chi connectivity index (χ0n) is 12.6. The number of aromatic hydroxyl groups is 1. The minimum absolute atomic E-state index is 0.0605. The van der Waals surface area contributed by atoms with Crippen molar-refractivity contribution in [1.29, 1.82) is 5.26 Å². The van der Waals surface area contributed by atoms with Gasteiger partial charge in [0.15, 0.2) is 11.5 Å². The molecule has 0 saturated carbocycles. The lowest BCUT2D eigenvalue weighted by Crippen LogP contribution is -1.95. The van der Waals surface area contributed by atoms with Gasteiger partial charge < -0.3 is 9.84 Å². The highest BCUT2D eigenvalue weighted by Crippen LogP contribution is 2.37. The molecular formula is C17H12N2O5. The number of rotatable bonds is 5. The molecule has 2 rings (SSSR count). The fraction of sp³-hybridized carbons (Fsp3) is 0.0588. The normalized spacial score (nSPS) is 10.3. The number of nitriles is 1. The highest BCUT2D eigenvalue weighted by molar-refractivity contribution is 6.06. The SMILES string of the molecule is COc1cc(C=CC(=O)c2ccc(C#N)cc2)cc([N+](=O)[O-])c1O. The number of carbonyl (C=O) groups excluding carboxylic acids is 1. The number of methoxy groups -OCH3 is 1. The van der Waals surface area contributed by atoms with Crippen LogP contribution < -0.4 is 4.74 Å². The lowest BCUT2D eigenvalue weighted by molar-refractivity contribution is -0.386. The summed E-state index contributed by atoms with van der Waals surface area (Å²) >= 11 is 0. The van der Waals surface area contributed by atoms with E-state index in [2.05, 4.69) is 0 Å². The quantitative estimate of drug-likeness (QED) is 0.391. The van der Waals surface area contributed by atoms with E-state index in [1.807, 2.05) is 6.07 Å². The molecule has 7 heteroatoms. The van der Waals surface area contributed by atoms with E-state index in [-0.39, 0.29) is 11.5 Å². The Morgan fingerprint density at radius 1 is 1.33 bits per heavy atom. The molecule has 7 nitrogen and oxygen atoms in total. The number of phenols is 1. The van der Waals surface area contributed by atoms with Crippen LogP contribution in [-0.2, 0) is 0 Å². The van der Waals surface area contributed by atoms with Gasteiger partial charge in [0.2, 0.25) is 5.75 Å². The fourth-order valence-electron chi connectivity index (χ4n) is 1.98. The summed E-state index contributed by atoms with van der Waals surface area (Å²) in [7, 11) is 1.27. The van der Waals surface area contributed by atoms with Crippen molar-refractivity contribution in [2.24, 2.45) is 0 Å². The maximum Gasteiger partial charge on any atom is 0.315 e. The van der Waals surface area contributed by atoms with E-state index in [1.54, 1.807) is 0 Å². The van der Waals surface area contributed by atoms with E-state index >= 15 is 0 Å². The zero-order valence-corrected chi connectivity index (χ0v) is 12.6. The lowest BCUT2D eigenvalue weighted by atomic mass is 10.1. The maximum atomic E-state index is 12.1. The number of hydrogen-bond acceptors (Lipinski definition) is 6. The number of allylic oxidation sites excluding steroid dienone is 1. The Bertz CT molecular complexity index is 864. The minimum Gasteiger partial charge on any atom is -0.500 e. The van der Waals surface area contributed by atoms with Crippen LogP contribution in [0.2, 0.25) is 0 Å². The number of carbonyl (C=O) groups is 1. The van der Waals surface area contributed by atoms with Crippen LogP contribution in [0.25, 0.3) is 6.08 Å². The monoisotopic (exact) mass is 324 g/mol. The minimum atomic E-state index is -0.738. The number of hydrogen-bond donors (Lipinski definition) is 1. The number of nitro benzene ring substituents is 1. The first-order chi connectivity index (χ1) is 11.5. The first-order valence-electron chi connectivity index (χ1n) is 6.74. The van der Waals surface area contributed by atoms with Gasteiger partial charge in [-0.1, -0.05) is 6.08 Å². The van der Waals surface area contributed by atoms with E-state index in [0.29, 0.717) is 16.7 Å². The molecule has 0 aromatic heterocycles. The van der Waals surface area contributed by atoms with Gasteiger partial charge in [0, 0.05) is 11.6 Å². The standard InChI is InChI=1S/C17H12N2O5/c1-24-16-9-12(8-14(17(16)21)19(22)23)4-7-15(20)13-5-2-11(10-18)3-6-13/h2-9,21H,1H3. The molecule has 0 amide bonds. The molecule has 0 aliphatic rings. The van der Waals surface area contributed by atoms with Crippen LogP contribution in [0, 0.1) is 21.4 Å². The second kappa shape index (κ2) is 7.07. The third-order valence-electron chi connectivity index (χ3n) is 3.22.